The molecule has 6 nitrogen and oxygen atoms in total. The van der Waals surface area contributed by atoms with E-state index in [1.54, 1.807) is 34.4 Å². The SMILES string of the molecule is COc1ccc(-c2csc(NC(=O)N(C)C)n2)c(OC)c1. The van der Waals surface area contributed by atoms with E-state index < -0.39 is 0 Å². The standard InChI is InChI=1S/C14H17N3O3S/c1-17(2)14(18)16-13-15-11(8-21-13)10-6-5-9(19-3)7-12(10)20-4/h5-8H,1-4H3,(H,15,16,18). The molecule has 0 radical (unpaired) electrons. The molecule has 7 heteroatoms. The van der Waals surface area contributed by atoms with Gasteiger partial charge in [-0.15, -0.1) is 11.3 Å². The second kappa shape index (κ2) is 6.45. The fourth-order valence-corrected chi connectivity index (χ4v) is 2.37. The highest BCUT2D eigenvalue weighted by atomic mass is 32.1. The van der Waals surface area contributed by atoms with Gasteiger partial charge in [0.1, 0.15) is 11.5 Å². The van der Waals surface area contributed by atoms with Crippen molar-refractivity contribution in [2.75, 3.05) is 33.6 Å². The predicted octanol–water partition coefficient (Wildman–Crippen LogP) is 2.92. The van der Waals surface area contributed by atoms with Crippen LogP contribution in [0.2, 0.25) is 0 Å². The van der Waals surface area contributed by atoms with Crippen LogP contribution in [0.15, 0.2) is 23.6 Å². The van der Waals surface area contributed by atoms with Crippen LogP contribution in [0.4, 0.5) is 9.93 Å². The molecule has 0 aliphatic heterocycles. The van der Waals surface area contributed by atoms with Crippen LogP contribution < -0.4 is 14.8 Å². The fourth-order valence-electron chi connectivity index (χ4n) is 1.67. The van der Waals surface area contributed by atoms with E-state index in [0.29, 0.717) is 16.6 Å². The third-order valence-electron chi connectivity index (χ3n) is 2.81. The first-order valence-electron chi connectivity index (χ1n) is 6.21. The van der Waals surface area contributed by atoms with Crippen LogP contribution in [-0.4, -0.2) is 44.2 Å². The van der Waals surface area contributed by atoms with E-state index in [-0.39, 0.29) is 6.03 Å². The minimum Gasteiger partial charge on any atom is -0.497 e. The van der Waals surface area contributed by atoms with E-state index in [0.717, 1.165) is 11.3 Å². The van der Waals surface area contributed by atoms with E-state index >= 15 is 0 Å². The number of amides is 2. The van der Waals surface area contributed by atoms with Crippen molar-refractivity contribution in [1.82, 2.24) is 9.88 Å². The number of thiazole rings is 1. The van der Waals surface area contributed by atoms with Gasteiger partial charge >= 0.3 is 6.03 Å². The Kier molecular flexibility index (Phi) is 4.64. The van der Waals surface area contributed by atoms with E-state index in [4.69, 9.17) is 9.47 Å². The Morgan fingerprint density at radius 2 is 2.05 bits per heavy atom. The van der Waals surface area contributed by atoms with Gasteiger partial charge in [0.05, 0.1) is 19.9 Å². The Labute approximate surface area is 127 Å². The minimum absolute atomic E-state index is 0.211. The van der Waals surface area contributed by atoms with Gasteiger partial charge in [-0.05, 0) is 12.1 Å². The van der Waals surface area contributed by atoms with Gasteiger partial charge in [0, 0.05) is 31.1 Å². The molecule has 0 aliphatic carbocycles. The van der Waals surface area contributed by atoms with Gasteiger partial charge in [-0.25, -0.2) is 9.78 Å². The predicted molar refractivity (Wildman–Crippen MR) is 83.4 cm³/mol. The van der Waals surface area contributed by atoms with Gasteiger partial charge in [-0.3, -0.25) is 5.32 Å². The zero-order chi connectivity index (χ0) is 15.4. The molecular weight excluding hydrogens is 290 g/mol. The summed E-state index contributed by atoms with van der Waals surface area (Å²) in [4.78, 5) is 17.5. The number of benzene rings is 1. The van der Waals surface area contributed by atoms with E-state index in [1.165, 1.54) is 16.2 Å². The lowest BCUT2D eigenvalue weighted by Crippen LogP contribution is -2.27. The smallest absolute Gasteiger partial charge is 0.323 e. The van der Waals surface area contributed by atoms with Crippen LogP contribution in [-0.2, 0) is 0 Å². The Bertz CT molecular complexity index is 640. The molecule has 0 saturated carbocycles. The van der Waals surface area contributed by atoms with E-state index in [2.05, 4.69) is 10.3 Å². The topological polar surface area (TPSA) is 63.7 Å². The van der Waals surface area contributed by atoms with Crippen LogP contribution >= 0.6 is 11.3 Å². The van der Waals surface area contributed by atoms with E-state index in [9.17, 15) is 4.79 Å². The van der Waals surface area contributed by atoms with Crippen molar-refractivity contribution < 1.29 is 14.3 Å². The maximum absolute atomic E-state index is 11.6. The van der Waals surface area contributed by atoms with Crippen molar-refractivity contribution in [3.8, 4) is 22.8 Å². The van der Waals surface area contributed by atoms with Gasteiger partial charge in [0.2, 0.25) is 0 Å². The summed E-state index contributed by atoms with van der Waals surface area (Å²) < 4.78 is 10.5. The number of carbonyl (C=O) groups excluding carboxylic acids is 1. The summed E-state index contributed by atoms with van der Waals surface area (Å²) in [5.41, 5.74) is 1.59. The van der Waals surface area contributed by atoms with Gasteiger partial charge in [-0.2, -0.15) is 0 Å². The second-order valence-electron chi connectivity index (χ2n) is 4.43. The number of ether oxygens (including phenoxy) is 2. The summed E-state index contributed by atoms with van der Waals surface area (Å²) in [6.07, 6.45) is 0. The Morgan fingerprint density at radius 3 is 2.67 bits per heavy atom. The number of rotatable bonds is 4. The normalized spacial score (nSPS) is 10.1. The maximum atomic E-state index is 11.6. The number of hydrogen-bond donors (Lipinski definition) is 1. The maximum Gasteiger partial charge on any atom is 0.323 e. The molecule has 0 saturated heterocycles. The molecule has 0 atom stereocenters. The van der Waals surface area contributed by atoms with Gasteiger partial charge in [0.25, 0.3) is 0 Å². The van der Waals surface area contributed by atoms with Crippen molar-refractivity contribution in [2.24, 2.45) is 0 Å². The summed E-state index contributed by atoms with van der Waals surface area (Å²) in [5, 5.41) is 5.13. The van der Waals surface area contributed by atoms with Crippen LogP contribution in [0.5, 0.6) is 11.5 Å². The summed E-state index contributed by atoms with van der Waals surface area (Å²) in [7, 11) is 6.55. The molecule has 0 aliphatic rings. The monoisotopic (exact) mass is 307 g/mol. The van der Waals surface area contributed by atoms with Crippen LogP contribution in [0, 0.1) is 0 Å². The molecule has 1 N–H and O–H groups in total. The molecule has 0 unspecified atom stereocenters. The number of nitrogens with zero attached hydrogens (tertiary/aromatic N) is 2. The molecule has 2 amide bonds. The summed E-state index contributed by atoms with van der Waals surface area (Å²) in [5.74, 6) is 1.39. The number of hydrogen-bond acceptors (Lipinski definition) is 5. The molecule has 0 spiro atoms. The van der Waals surface area contributed by atoms with Crippen molar-refractivity contribution in [2.45, 2.75) is 0 Å². The quantitative estimate of drug-likeness (QED) is 0.943. The fraction of sp³-hybridized carbons (Fsp3) is 0.286. The summed E-state index contributed by atoms with van der Waals surface area (Å²) in [6.45, 7) is 0. The number of urea groups is 1. The van der Waals surface area contributed by atoms with Crippen LogP contribution in [0.1, 0.15) is 0 Å². The Balaban J connectivity index is 2.27. The highest BCUT2D eigenvalue weighted by molar-refractivity contribution is 7.14. The molecule has 112 valence electrons. The number of aromatic nitrogens is 1. The first-order chi connectivity index (χ1) is 10.0. The van der Waals surface area contributed by atoms with E-state index in [1.807, 2.05) is 17.5 Å². The molecule has 2 rings (SSSR count). The lowest BCUT2D eigenvalue weighted by Gasteiger charge is -2.10. The lowest BCUT2D eigenvalue weighted by atomic mass is 10.1. The van der Waals surface area contributed by atoms with Crippen LogP contribution in [0.25, 0.3) is 11.3 Å². The van der Waals surface area contributed by atoms with Gasteiger partial charge in [-0.1, -0.05) is 0 Å². The molecule has 0 fully saturated rings. The number of carbonyl (C=O) groups is 1. The third kappa shape index (κ3) is 3.43. The van der Waals surface area contributed by atoms with Gasteiger partial charge < -0.3 is 14.4 Å². The first kappa shape index (κ1) is 15.1. The third-order valence-corrected chi connectivity index (χ3v) is 3.57. The van der Waals surface area contributed by atoms with Gasteiger partial charge in [0.15, 0.2) is 5.13 Å². The average Bonchev–Trinajstić information content (AvgIpc) is 2.94. The van der Waals surface area contributed by atoms with Crippen molar-refractivity contribution in [3.63, 3.8) is 0 Å². The van der Waals surface area contributed by atoms with Crippen molar-refractivity contribution in [3.05, 3.63) is 23.6 Å². The number of methoxy groups -OCH3 is 2. The summed E-state index contributed by atoms with van der Waals surface area (Å²) in [6, 6.07) is 5.31. The minimum atomic E-state index is -0.211. The lowest BCUT2D eigenvalue weighted by molar-refractivity contribution is 0.230. The number of nitrogens with one attached hydrogen (secondary N) is 1. The molecule has 0 bridgehead atoms. The first-order valence-corrected chi connectivity index (χ1v) is 7.09. The second-order valence-corrected chi connectivity index (χ2v) is 5.29. The highest BCUT2D eigenvalue weighted by Crippen LogP contribution is 2.34. The number of anilines is 1. The Morgan fingerprint density at radius 1 is 1.29 bits per heavy atom. The highest BCUT2D eigenvalue weighted by Gasteiger charge is 2.13. The molecule has 21 heavy (non-hydrogen) atoms. The molecular formula is C14H17N3O3S. The Hall–Kier alpha value is -2.28. The zero-order valence-electron chi connectivity index (χ0n) is 12.3. The average molecular weight is 307 g/mol. The van der Waals surface area contributed by atoms with Crippen LogP contribution in [0.3, 0.4) is 0 Å². The molecule has 2 aromatic rings. The molecule has 1 heterocycles. The van der Waals surface area contributed by atoms with Crippen molar-refractivity contribution >= 4 is 22.5 Å². The molecule has 1 aromatic heterocycles. The zero-order valence-corrected chi connectivity index (χ0v) is 13.2. The largest absolute Gasteiger partial charge is 0.497 e. The van der Waals surface area contributed by atoms with Crippen molar-refractivity contribution in [1.29, 1.82) is 0 Å². The molecule has 1 aromatic carbocycles. The summed E-state index contributed by atoms with van der Waals surface area (Å²) >= 11 is 1.36.